The van der Waals surface area contributed by atoms with Gasteiger partial charge in [0.2, 0.25) is 11.8 Å². The van der Waals surface area contributed by atoms with Gasteiger partial charge in [-0.25, -0.2) is 4.79 Å². The molecular formula is C25H23N3O7S. The number of thioether (sulfide) groups is 1. The lowest BCUT2D eigenvalue weighted by Crippen LogP contribution is -2.38. The summed E-state index contributed by atoms with van der Waals surface area (Å²) < 4.78 is 5.87. The van der Waals surface area contributed by atoms with Crippen LogP contribution < -0.4 is 21.5 Å². The highest BCUT2D eigenvalue weighted by Crippen LogP contribution is 2.49. The number of rotatable bonds is 8. The summed E-state index contributed by atoms with van der Waals surface area (Å²) in [5, 5.41) is 32.5. The van der Waals surface area contributed by atoms with Crippen molar-refractivity contribution in [2.45, 2.75) is 12.0 Å². The normalized spacial score (nSPS) is 13.1. The zero-order valence-corrected chi connectivity index (χ0v) is 19.6. The number of aromatic carboxylic acids is 1. The van der Waals surface area contributed by atoms with Gasteiger partial charge in [-0.1, -0.05) is 18.2 Å². The topological polar surface area (TPSA) is 185 Å². The van der Waals surface area contributed by atoms with Gasteiger partial charge in [0.15, 0.2) is 0 Å². The minimum absolute atomic E-state index is 0.00115. The smallest absolute Gasteiger partial charge is 0.336 e. The minimum atomic E-state index is -1.20. The Balaban J connectivity index is 1.66. The van der Waals surface area contributed by atoms with E-state index in [1.165, 1.54) is 30.3 Å². The highest BCUT2D eigenvalue weighted by molar-refractivity contribution is 8.00. The molecule has 0 fully saturated rings. The van der Waals surface area contributed by atoms with Crippen LogP contribution in [0.2, 0.25) is 0 Å². The molecule has 0 saturated heterocycles. The van der Waals surface area contributed by atoms with E-state index < -0.39 is 29.7 Å². The monoisotopic (exact) mass is 509 g/mol. The van der Waals surface area contributed by atoms with E-state index in [-0.39, 0.29) is 34.3 Å². The number of nitrogens with one attached hydrogen (secondary N) is 1. The number of benzene rings is 3. The third-order valence-corrected chi connectivity index (χ3v) is 6.67. The van der Waals surface area contributed by atoms with E-state index in [1.54, 1.807) is 24.3 Å². The van der Waals surface area contributed by atoms with Crippen LogP contribution in [0.3, 0.4) is 0 Å². The molecule has 11 heteroatoms. The lowest BCUT2D eigenvalue weighted by molar-refractivity contribution is -0.118. The van der Waals surface area contributed by atoms with E-state index in [9.17, 15) is 29.7 Å². The van der Waals surface area contributed by atoms with Crippen LogP contribution in [0.15, 0.2) is 54.6 Å². The molecule has 0 bridgehead atoms. The quantitative estimate of drug-likeness (QED) is 0.208. The average molecular weight is 510 g/mol. The molecule has 0 aliphatic carbocycles. The Kier molecular flexibility index (Phi) is 7.04. The number of aromatic hydroxyl groups is 2. The van der Waals surface area contributed by atoms with Gasteiger partial charge >= 0.3 is 5.97 Å². The van der Waals surface area contributed by atoms with Gasteiger partial charge in [-0.2, -0.15) is 0 Å². The molecule has 0 aromatic heterocycles. The lowest BCUT2D eigenvalue weighted by atomic mass is 9.80. The number of phenolic OH excluding ortho intramolecular Hbond substituents is 2. The molecule has 1 aliphatic heterocycles. The third-order valence-electron chi connectivity index (χ3n) is 5.61. The molecule has 0 saturated carbocycles. The maximum absolute atomic E-state index is 12.3. The van der Waals surface area contributed by atoms with Gasteiger partial charge in [-0.3, -0.25) is 9.59 Å². The van der Waals surface area contributed by atoms with E-state index in [0.29, 0.717) is 28.2 Å². The summed E-state index contributed by atoms with van der Waals surface area (Å²) in [6.45, 7) is 0. The molecule has 4 rings (SSSR count). The van der Waals surface area contributed by atoms with Crippen LogP contribution in [-0.2, 0) is 9.59 Å². The number of carboxylic acid groups (broad SMARTS) is 1. The van der Waals surface area contributed by atoms with E-state index in [4.69, 9.17) is 16.2 Å². The van der Waals surface area contributed by atoms with Crippen molar-refractivity contribution in [3.63, 3.8) is 0 Å². The SMILES string of the molecule is NC(=O)C(N)CSCC(=O)Nc1ccc(C2c3ccc(O)cc3Oc3cc(O)ccc32)c(C(=O)O)c1. The van der Waals surface area contributed by atoms with Crippen LogP contribution in [0.25, 0.3) is 0 Å². The number of hydrogen-bond donors (Lipinski definition) is 6. The van der Waals surface area contributed by atoms with Crippen LogP contribution in [-0.4, -0.2) is 50.7 Å². The fraction of sp³-hybridized carbons (Fsp3) is 0.160. The van der Waals surface area contributed by atoms with Gasteiger partial charge in [0, 0.05) is 40.6 Å². The Labute approximate surface area is 209 Å². The minimum Gasteiger partial charge on any atom is -0.508 e. The maximum atomic E-state index is 12.3. The van der Waals surface area contributed by atoms with Crippen molar-refractivity contribution < 1.29 is 34.4 Å². The van der Waals surface area contributed by atoms with Gasteiger partial charge in [0.05, 0.1) is 17.4 Å². The molecule has 0 radical (unpaired) electrons. The van der Waals surface area contributed by atoms with Crippen LogP contribution in [0.1, 0.15) is 33.0 Å². The number of primary amides is 1. The molecule has 186 valence electrons. The van der Waals surface area contributed by atoms with Crippen LogP contribution >= 0.6 is 11.8 Å². The lowest BCUT2D eigenvalue weighted by Gasteiger charge is -2.29. The first-order valence-corrected chi connectivity index (χ1v) is 11.9. The van der Waals surface area contributed by atoms with Crippen molar-refractivity contribution in [1.82, 2.24) is 0 Å². The number of ether oxygens (including phenoxy) is 1. The number of carbonyl (C=O) groups excluding carboxylic acids is 2. The molecule has 1 atom stereocenters. The van der Waals surface area contributed by atoms with Crippen LogP contribution in [0, 0.1) is 0 Å². The summed E-state index contributed by atoms with van der Waals surface area (Å²) in [6, 6.07) is 12.8. The number of amides is 2. The van der Waals surface area contributed by atoms with Crippen LogP contribution in [0.5, 0.6) is 23.0 Å². The molecule has 0 spiro atoms. The van der Waals surface area contributed by atoms with Crippen molar-refractivity contribution in [2.75, 3.05) is 16.8 Å². The number of phenols is 2. The number of nitrogens with two attached hydrogens (primary N) is 2. The third kappa shape index (κ3) is 5.21. The average Bonchev–Trinajstić information content (AvgIpc) is 2.82. The van der Waals surface area contributed by atoms with Crippen molar-refractivity contribution in [1.29, 1.82) is 0 Å². The first-order valence-electron chi connectivity index (χ1n) is 10.8. The second-order valence-corrected chi connectivity index (χ2v) is 9.19. The van der Waals surface area contributed by atoms with Gasteiger partial charge in [-0.05, 0) is 29.8 Å². The molecule has 3 aromatic rings. The fourth-order valence-corrected chi connectivity index (χ4v) is 4.74. The summed E-state index contributed by atoms with van der Waals surface area (Å²) in [6.07, 6.45) is 0. The largest absolute Gasteiger partial charge is 0.508 e. The van der Waals surface area contributed by atoms with E-state index in [0.717, 1.165) is 11.8 Å². The van der Waals surface area contributed by atoms with Crippen molar-refractivity contribution in [2.24, 2.45) is 11.5 Å². The number of hydrogen-bond acceptors (Lipinski definition) is 8. The Bertz CT molecular complexity index is 1310. The second-order valence-electron chi connectivity index (χ2n) is 8.16. The summed E-state index contributed by atoms with van der Waals surface area (Å²) >= 11 is 1.13. The Morgan fingerprint density at radius 2 is 1.53 bits per heavy atom. The Hall–Kier alpha value is -4.22. The number of fused-ring (bicyclic) bond motifs is 2. The Morgan fingerprint density at radius 1 is 0.944 bits per heavy atom. The summed E-state index contributed by atoms with van der Waals surface area (Å²) in [5.74, 6) is -2.05. The first kappa shape index (κ1) is 24.9. The summed E-state index contributed by atoms with van der Waals surface area (Å²) in [4.78, 5) is 35.6. The molecule has 1 aliphatic rings. The van der Waals surface area contributed by atoms with Crippen molar-refractivity contribution in [3.05, 3.63) is 76.9 Å². The highest BCUT2D eigenvalue weighted by atomic mass is 32.2. The van der Waals surface area contributed by atoms with E-state index in [1.807, 2.05) is 0 Å². The van der Waals surface area contributed by atoms with Gasteiger partial charge in [0.1, 0.15) is 23.0 Å². The molecule has 1 heterocycles. The number of anilines is 1. The van der Waals surface area contributed by atoms with Crippen molar-refractivity contribution in [3.8, 4) is 23.0 Å². The van der Waals surface area contributed by atoms with E-state index in [2.05, 4.69) is 5.32 Å². The number of carbonyl (C=O) groups is 3. The molecule has 8 N–H and O–H groups in total. The summed E-state index contributed by atoms with van der Waals surface area (Å²) in [7, 11) is 0. The van der Waals surface area contributed by atoms with Crippen molar-refractivity contribution >= 4 is 35.2 Å². The summed E-state index contributed by atoms with van der Waals surface area (Å²) in [5.41, 5.74) is 12.6. The molecule has 1 unspecified atom stereocenters. The van der Waals surface area contributed by atoms with Crippen LogP contribution in [0.4, 0.5) is 5.69 Å². The molecule has 10 nitrogen and oxygen atoms in total. The molecule has 2 amide bonds. The zero-order chi connectivity index (χ0) is 26.0. The fourth-order valence-electron chi connectivity index (χ4n) is 3.95. The predicted molar refractivity (Wildman–Crippen MR) is 134 cm³/mol. The molecule has 36 heavy (non-hydrogen) atoms. The first-order chi connectivity index (χ1) is 17.1. The predicted octanol–water partition coefficient (Wildman–Crippen LogP) is 2.57. The Morgan fingerprint density at radius 3 is 2.08 bits per heavy atom. The zero-order valence-electron chi connectivity index (χ0n) is 18.8. The van der Waals surface area contributed by atoms with E-state index >= 15 is 0 Å². The molecular weight excluding hydrogens is 486 g/mol. The maximum Gasteiger partial charge on any atom is 0.336 e. The second kappa shape index (κ2) is 10.2. The van der Waals surface area contributed by atoms with Gasteiger partial charge in [-0.15, -0.1) is 11.8 Å². The highest BCUT2D eigenvalue weighted by Gasteiger charge is 2.32. The van der Waals surface area contributed by atoms with Gasteiger partial charge < -0.3 is 36.8 Å². The number of carboxylic acids is 1. The standard InChI is InChI=1S/C25H23N3O7S/c26-19(24(27)32)10-36-11-22(31)28-12-1-4-15(18(7-12)25(33)34)23-16-5-2-13(29)8-20(16)35-21-9-14(30)3-6-17(21)23/h1-9,19,23,29-30H,10-11,26H2,(H2,27,32)(H,28,31)(H,33,34). The van der Waals surface area contributed by atoms with Gasteiger partial charge in [0.25, 0.3) is 0 Å². The molecule has 3 aromatic carbocycles.